The van der Waals surface area contributed by atoms with Gasteiger partial charge < -0.3 is 10.2 Å². The molecule has 2 rings (SSSR count). The lowest BCUT2D eigenvalue weighted by molar-refractivity contribution is -0.127. The Morgan fingerprint density at radius 3 is 2.62 bits per heavy atom. The SMILES string of the molecule is Cc1nnc(NC2CCN(C)C2=O)nc1C. The van der Waals surface area contributed by atoms with Crippen LogP contribution in [0.25, 0.3) is 0 Å². The van der Waals surface area contributed by atoms with Crippen LogP contribution in [0.1, 0.15) is 17.8 Å². The monoisotopic (exact) mass is 221 g/mol. The number of hydrogen-bond donors (Lipinski definition) is 1. The zero-order valence-corrected chi connectivity index (χ0v) is 9.69. The van der Waals surface area contributed by atoms with E-state index in [9.17, 15) is 4.79 Å². The van der Waals surface area contributed by atoms with Crippen molar-refractivity contribution in [3.63, 3.8) is 0 Å². The highest BCUT2D eigenvalue weighted by Gasteiger charge is 2.29. The number of aryl methyl sites for hydroxylation is 2. The zero-order valence-electron chi connectivity index (χ0n) is 9.69. The second-order valence-electron chi connectivity index (χ2n) is 4.05. The number of nitrogens with one attached hydrogen (secondary N) is 1. The van der Waals surface area contributed by atoms with Gasteiger partial charge in [0.1, 0.15) is 6.04 Å². The van der Waals surface area contributed by atoms with Crippen molar-refractivity contribution in [2.45, 2.75) is 26.3 Å². The molecule has 1 fully saturated rings. The minimum absolute atomic E-state index is 0.0850. The number of amides is 1. The van der Waals surface area contributed by atoms with E-state index in [1.54, 1.807) is 11.9 Å². The molecule has 1 saturated heterocycles. The van der Waals surface area contributed by atoms with Crippen molar-refractivity contribution in [1.82, 2.24) is 20.1 Å². The standard InChI is InChI=1S/C10H15N5O/c1-6-7(2)13-14-10(11-6)12-8-4-5-15(3)9(8)16/h8H,4-5H2,1-3H3,(H,11,12,14). The van der Waals surface area contributed by atoms with E-state index in [-0.39, 0.29) is 11.9 Å². The number of carbonyl (C=O) groups excluding carboxylic acids is 1. The summed E-state index contributed by atoms with van der Waals surface area (Å²) in [6.07, 6.45) is 0.783. The van der Waals surface area contributed by atoms with E-state index in [4.69, 9.17) is 0 Å². The Morgan fingerprint density at radius 2 is 2.06 bits per heavy atom. The van der Waals surface area contributed by atoms with Gasteiger partial charge in [-0.1, -0.05) is 0 Å². The van der Waals surface area contributed by atoms with Gasteiger partial charge in [0.25, 0.3) is 0 Å². The molecule has 1 atom stereocenters. The largest absolute Gasteiger partial charge is 0.344 e. The van der Waals surface area contributed by atoms with Crippen LogP contribution in [0, 0.1) is 13.8 Å². The first-order valence-corrected chi connectivity index (χ1v) is 5.27. The van der Waals surface area contributed by atoms with Crippen LogP contribution >= 0.6 is 0 Å². The van der Waals surface area contributed by atoms with Crippen molar-refractivity contribution in [1.29, 1.82) is 0 Å². The summed E-state index contributed by atoms with van der Waals surface area (Å²) in [4.78, 5) is 17.6. The van der Waals surface area contributed by atoms with Crippen LogP contribution in [0.3, 0.4) is 0 Å². The summed E-state index contributed by atoms with van der Waals surface area (Å²) in [6, 6.07) is -0.214. The minimum Gasteiger partial charge on any atom is -0.344 e. The van der Waals surface area contributed by atoms with Crippen LogP contribution in [0.2, 0.25) is 0 Å². The molecule has 1 aliphatic heterocycles. The van der Waals surface area contributed by atoms with Crippen LogP contribution in [-0.2, 0) is 4.79 Å². The molecule has 1 aromatic rings. The topological polar surface area (TPSA) is 71.0 Å². The van der Waals surface area contributed by atoms with Crippen molar-refractivity contribution in [2.75, 3.05) is 18.9 Å². The lowest BCUT2D eigenvalue weighted by Gasteiger charge is -2.12. The second-order valence-corrected chi connectivity index (χ2v) is 4.05. The number of likely N-dealkylation sites (tertiary alicyclic amines) is 1. The van der Waals surface area contributed by atoms with Gasteiger partial charge in [-0.3, -0.25) is 4.79 Å². The van der Waals surface area contributed by atoms with Crippen molar-refractivity contribution >= 4 is 11.9 Å². The molecule has 1 aliphatic rings. The van der Waals surface area contributed by atoms with Gasteiger partial charge in [0.05, 0.1) is 11.4 Å². The number of rotatable bonds is 2. The summed E-state index contributed by atoms with van der Waals surface area (Å²) in [6.45, 7) is 4.50. The summed E-state index contributed by atoms with van der Waals surface area (Å²) in [5, 5.41) is 10.9. The first-order valence-electron chi connectivity index (χ1n) is 5.27. The van der Waals surface area contributed by atoms with E-state index in [2.05, 4.69) is 20.5 Å². The van der Waals surface area contributed by atoms with E-state index in [1.165, 1.54) is 0 Å². The smallest absolute Gasteiger partial charge is 0.244 e. The lowest BCUT2D eigenvalue weighted by atomic mass is 10.2. The van der Waals surface area contributed by atoms with E-state index in [0.717, 1.165) is 24.4 Å². The summed E-state index contributed by atoms with van der Waals surface area (Å²) >= 11 is 0. The normalized spacial score (nSPS) is 20.3. The highest BCUT2D eigenvalue weighted by Crippen LogP contribution is 2.13. The van der Waals surface area contributed by atoms with E-state index < -0.39 is 0 Å². The summed E-state index contributed by atoms with van der Waals surface area (Å²) in [5.41, 5.74) is 1.64. The summed E-state index contributed by atoms with van der Waals surface area (Å²) < 4.78 is 0. The first kappa shape index (κ1) is 10.8. The van der Waals surface area contributed by atoms with E-state index >= 15 is 0 Å². The molecule has 0 spiro atoms. The third kappa shape index (κ3) is 1.95. The average Bonchev–Trinajstić information content (AvgIpc) is 2.55. The number of likely N-dealkylation sites (N-methyl/N-ethyl adjacent to an activating group) is 1. The quantitative estimate of drug-likeness (QED) is 0.768. The van der Waals surface area contributed by atoms with Crippen LogP contribution in [0.4, 0.5) is 5.95 Å². The molecule has 2 heterocycles. The average molecular weight is 221 g/mol. The fraction of sp³-hybridized carbons (Fsp3) is 0.600. The van der Waals surface area contributed by atoms with Gasteiger partial charge in [0.15, 0.2) is 0 Å². The van der Waals surface area contributed by atoms with Crippen molar-refractivity contribution in [3.8, 4) is 0 Å². The molecule has 16 heavy (non-hydrogen) atoms. The minimum atomic E-state index is -0.214. The molecular formula is C10H15N5O. The number of hydrogen-bond acceptors (Lipinski definition) is 5. The van der Waals surface area contributed by atoms with Crippen molar-refractivity contribution in [3.05, 3.63) is 11.4 Å². The predicted molar refractivity (Wildman–Crippen MR) is 59.0 cm³/mol. The first-order chi connectivity index (χ1) is 7.58. The van der Waals surface area contributed by atoms with Crippen molar-refractivity contribution < 1.29 is 4.79 Å². The molecule has 1 aromatic heterocycles. The van der Waals surface area contributed by atoms with E-state index in [0.29, 0.717) is 5.95 Å². The van der Waals surface area contributed by atoms with Gasteiger partial charge in [0, 0.05) is 13.6 Å². The maximum absolute atomic E-state index is 11.6. The molecule has 1 unspecified atom stereocenters. The van der Waals surface area contributed by atoms with Crippen molar-refractivity contribution in [2.24, 2.45) is 0 Å². The van der Waals surface area contributed by atoms with Gasteiger partial charge in [-0.05, 0) is 20.3 Å². The Morgan fingerprint density at radius 1 is 1.31 bits per heavy atom. The van der Waals surface area contributed by atoms with Crippen LogP contribution in [-0.4, -0.2) is 45.6 Å². The molecule has 1 amide bonds. The number of anilines is 1. The Labute approximate surface area is 94.1 Å². The molecule has 6 heteroatoms. The predicted octanol–water partition coefficient (Wildman–Crippen LogP) is 0.131. The molecule has 0 aliphatic carbocycles. The van der Waals surface area contributed by atoms with Crippen LogP contribution in [0.15, 0.2) is 0 Å². The fourth-order valence-corrected chi connectivity index (χ4v) is 1.63. The molecule has 0 radical (unpaired) electrons. The third-order valence-electron chi connectivity index (χ3n) is 2.82. The lowest BCUT2D eigenvalue weighted by Crippen LogP contribution is -2.31. The highest BCUT2D eigenvalue weighted by atomic mass is 16.2. The van der Waals surface area contributed by atoms with Gasteiger partial charge in [0.2, 0.25) is 11.9 Å². The molecule has 1 N–H and O–H groups in total. The number of carbonyl (C=O) groups is 1. The Hall–Kier alpha value is -1.72. The van der Waals surface area contributed by atoms with Gasteiger partial charge in [-0.2, -0.15) is 5.10 Å². The highest BCUT2D eigenvalue weighted by molar-refractivity contribution is 5.85. The third-order valence-corrected chi connectivity index (χ3v) is 2.82. The van der Waals surface area contributed by atoms with Gasteiger partial charge in [-0.15, -0.1) is 5.10 Å². The van der Waals surface area contributed by atoms with Crippen LogP contribution in [0.5, 0.6) is 0 Å². The molecule has 0 saturated carbocycles. The maximum atomic E-state index is 11.6. The Kier molecular flexibility index (Phi) is 2.72. The maximum Gasteiger partial charge on any atom is 0.244 e. The Balaban J connectivity index is 2.10. The molecular weight excluding hydrogens is 206 g/mol. The molecule has 0 bridgehead atoms. The number of nitrogens with zero attached hydrogens (tertiary/aromatic N) is 4. The molecule has 6 nitrogen and oxygen atoms in total. The van der Waals surface area contributed by atoms with Gasteiger partial charge >= 0.3 is 0 Å². The van der Waals surface area contributed by atoms with Crippen LogP contribution < -0.4 is 5.32 Å². The second kappa shape index (κ2) is 4.03. The zero-order chi connectivity index (χ0) is 11.7. The fourth-order valence-electron chi connectivity index (χ4n) is 1.63. The van der Waals surface area contributed by atoms with E-state index in [1.807, 2.05) is 13.8 Å². The van der Waals surface area contributed by atoms with Gasteiger partial charge in [-0.25, -0.2) is 4.98 Å². The Bertz CT molecular complexity index is 420. The molecule has 86 valence electrons. The molecule has 0 aromatic carbocycles. The summed E-state index contributed by atoms with van der Waals surface area (Å²) in [5.74, 6) is 0.513. The number of aromatic nitrogens is 3. The summed E-state index contributed by atoms with van der Waals surface area (Å²) in [7, 11) is 1.80.